The second-order valence-electron chi connectivity index (χ2n) is 10.3. The number of anilines is 1. The summed E-state index contributed by atoms with van der Waals surface area (Å²) in [5.74, 6) is 6.28. The van der Waals surface area contributed by atoms with E-state index < -0.39 is 12.1 Å². The fourth-order valence-corrected chi connectivity index (χ4v) is 5.20. The van der Waals surface area contributed by atoms with E-state index in [-0.39, 0.29) is 29.9 Å². The van der Waals surface area contributed by atoms with Crippen LogP contribution in [-0.4, -0.2) is 28.4 Å². The molecule has 1 aromatic heterocycles. The van der Waals surface area contributed by atoms with Crippen LogP contribution in [0, 0.1) is 11.8 Å². The molecule has 0 atom stereocenters. The lowest BCUT2D eigenvalue weighted by Gasteiger charge is -2.10. The van der Waals surface area contributed by atoms with E-state index in [9.17, 15) is 14.7 Å². The number of carbonyl (C=O) groups is 2. The molecule has 43 heavy (non-hydrogen) atoms. The number of nitrogens with one attached hydrogen (secondary N) is 1. The molecule has 0 bridgehead atoms. The van der Waals surface area contributed by atoms with Gasteiger partial charge in [-0.05, 0) is 68.1 Å². The summed E-state index contributed by atoms with van der Waals surface area (Å²) in [6.45, 7) is 0.161. The summed E-state index contributed by atoms with van der Waals surface area (Å²) < 4.78 is 17.0. The molecule has 0 saturated heterocycles. The molecule has 0 unspecified atom stereocenters. The second kappa shape index (κ2) is 12.2. The third kappa shape index (κ3) is 6.91. The number of carboxylic acid groups (broad SMARTS) is 1. The zero-order valence-corrected chi connectivity index (χ0v) is 24.7. The van der Waals surface area contributed by atoms with Gasteiger partial charge in [-0.25, -0.2) is 9.59 Å². The largest absolute Gasteiger partial charge is 0.489 e. The Labute approximate surface area is 261 Å². The first-order chi connectivity index (χ1) is 20.7. The summed E-state index contributed by atoms with van der Waals surface area (Å²) in [6.07, 6.45) is 2.94. The first-order valence-corrected chi connectivity index (χ1v) is 14.6. The Morgan fingerprint density at radius 2 is 1.74 bits per heavy atom. The molecule has 3 aromatic carbocycles. The molecule has 218 valence electrons. The number of carbonyl (C=O) groups excluding carboxylic acids is 1. The molecule has 2 aliphatic carbocycles. The van der Waals surface area contributed by atoms with Crippen LogP contribution >= 0.6 is 34.8 Å². The smallest absolute Gasteiger partial charge is 0.411 e. The molecule has 4 aromatic rings. The topological polar surface area (TPSA) is 111 Å². The fraction of sp³-hybridized carbons (Fsp3) is 0.219. The number of ether oxygens (including phenoxy) is 2. The van der Waals surface area contributed by atoms with Crippen molar-refractivity contribution in [1.29, 1.82) is 0 Å². The molecule has 0 aliphatic heterocycles. The van der Waals surface area contributed by atoms with Crippen molar-refractivity contribution in [2.24, 2.45) is 0 Å². The van der Waals surface area contributed by atoms with Crippen LogP contribution in [0.15, 0.2) is 59.1 Å². The van der Waals surface area contributed by atoms with Gasteiger partial charge in [-0.2, -0.15) is 0 Å². The van der Waals surface area contributed by atoms with Crippen molar-refractivity contribution in [3.8, 4) is 28.8 Å². The highest BCUT2D eigenvalue weighted by atomic mass is 35.5. The summed E-state index contributed by atoms with van der Waals surface area (Å²) in [5, 5.41) is 17.6. The molecule has 11 heteroatoms. The highest BCUT2D eigenvalue weighted by Crippen LogP contribution is 2.46. The van der Waals surface area contributed by atoms with Gasteiger partial charge in [0.2, 0.25) is 0 Å². The minimum Gasteiger partial charge on any atom is -0.489 e. The number of benzene rings is 3. The summed E-state index contributed by atoms with van der Waals surface area (Å²) in [7, 11) is 0. The number of hydrogen-bond donors (Lipinski definition) is 2. The first-order valence-electron chi connectivity index (χ1n) is 13.5. The maximum absolute atomic E-state index is 12.0. The highest BCUT2D eigenvalue weighted by molar-refractivity contribution is 6.39. The SMILES string of the molecule is O=C(Nc1cc(C#Cc2ccc(OCc3c(-c4c(Cl)cccc4Cl)noc3C3CC3)cc2Cl)cc(C(=O)O)c1)OC1CC1. The first kappa shape index (κ1) is 28.9. The van der Waals surface area contributed by atoms with Crippen molar-refractivity contribution in [3.05, 3.63) is 97.7 Å². The molecule has 8 nitrogen and oxygen atoms in total. The van der Waals surface area contributed by atoms with Crippen LogP contribution in [0.3, 0.4) is 0 Å². The molecule has 2 saturated carbocycles. The molecule has 0 radical (unpaired) electrons. The average molecular weight is 638 g/mol. The third-order valence-electron chi connectivity index (χ3n) is 6.86. The van der Waals surface area contributed by atoms with Crippen molar-refractivity contribution in [3.63, 3.8) is 0 Å². The summed E-state index contributed by atoms with van der Waals surface area (Å²) in [5.41, 5.74) is 3.04. The Hall–Kier alpha value is -4.16. The number of carboxylic acids is 1. The van der Waals surface area contributed by atoms with Gasteiger partial charge >= 0.3 is 12.1 Å². The molecule has 1 amide bonds. The number of aromatic carboxylic acids is 1. The van der Waals surface area contributed by atoms with Crippen LogP contribution in [-0.2, 0) is 11.3 Å². The molecule has 1 heterocycles. The second-order valence-corrected chi connectivity index (χ2v) is 11.5. The Morgan fingerprint density at radius 3 is 2.42 bits per heavy atom. The van der Waals surface area contributed by atoms with Crippen LogP contribution in [0.2, 0.25) is 15.1 Å². The van der Waals surface area contributed by atoms with Gasteiger partial charge in [-0.3, -0.25) is 5.32 Å². The van der Waals surface area contributed by atoms with Crippen molar-refractivity contribution in [1.82, 2.24) is 5.16 Å². The fourth-order valence-electron chi connectivity index (χ4n) is 4.41. The molecule has 2 N–H and O–H groups in total. The number of nitrogens with zero attached hydrogens (tertiary/aromatic N) is 1. The maximum atomic E-state index is 12.0. The average Bonchev–Trinajstić information content (AvgIpc) is 3.91. The molecule has 2 aliphatic rings. The van der Waals surface area contributed by atoms with Crippen molar-refractivity contribution in [2.45, 2.75) is 44.3 Å². The van der Waals surface area contributed by atoms with Gasteiger partial charge in [0.1, 0.15) is 29.9 Å². The van der Waals surface area contributed by atoms with Gasteiger partial charge < -0.3 is 19.1 Å². The van der Waals surface area contributed by atoms with Gasteiger partial charge in [0.05, 0.1) is 26.2 Å². The zero-order valence-electron chi connectivity index (χ0n) is 22.5. The van der Waals surface area contributed by atoms with Crippen molar-refractivity contribution >= 4 is 52.6 Å². The Balaban J connectivity index is 1.20. The number of rotatable bonds is 8. The maximum Gasteiger partial charge on any atom is 0.411 e. The minimum absolute atomic E-state index is 0.0277. The molecule has 6 rings (SSSR count). The number of aromatic nitrogens is 1. The molecule has 2 fully saturated rings. The van der Waals surface area contributed by atoms with Crippen LogP contribution in [0.25, 0.3) is 11.3 Å². The van der Waals surface area contributed by atoms with Gasteiger partial charge in [-0.15, -0.1) is 0 Å². The van der Waals surface area contributed by atoms with E-state index in [0.29, 0.717) is 43.2 Å². The lowest BCUT2D eigenvalue weighted by molar-refractivity contribution is 0.0696. The number of hydrogen-bond acceptors (Lipinski definition) is 6. The van der Waals surface area contributed by atoms with Gasteiger partial charge in [0.15, 0.2) is 0 Å². The lowest BCUT2D eigenvalue weighted by atomic mass is 10.0. The van der Waals surface area contributed by atoms with E-state index in [0.717, 1.165) is 37.0 Å². The van der Waals surface area contributed by atoms with Gasteiger partial charge in [0, 0.05) is 34.4 Å². The van der Waals surface area contributed by atoms with Crippen molar-refractivity contribution in [2.75, 3.05) is 5.32 Å². The van der Waals surface area contributed by atoms with E-state index in [4.69, 9.17) is 48.8 Å². The monoisotopic (exact) mass is 636 g/mol. The van der Waals surface area contributed by atoms with Crippen LogP contribution in [0.1, 0.15) is 64.4 Å². The van der Waals surface area contributed by atoms with Gasteiger partial charge in [-0.1, -0.05) is 57.9 Å². The summed E-state index contributed by atoms with van der Waals surface area (Å²) in [6, 6.07) is 14.7. The quantitative estimate of drug-likeness (QED) is 0.186. The Morgan fingerprint density at radius 1 is 0.977 bits per heavy atom. The predicted molar refractivity (Wildman–Crippen MR) is 162 cm³/mol. The highest BCUT2D eigenvalue weighted by Gasteiger charge is 2.33. The standard InChI is InChI=1S/C32H23Cl3N2O6/c33-25-2-1-3-26(34)28(25)29-24(30(43-37-29)19-6-7-19)16-41-23-9-8-18(27(35)15-23)5-4-17-12-20(31(38)39)14-21(13-17)36-32(40)42-22-10-11-22/h1-3,8-9,12-15,19,22H,6-7,10-11,16H2,(H,36,40)(H,38,39). The molecular weight excluding hydrogens is 615 g/mol. The van der Waals surface area contributed by atoms with Crippen molar-refractivity contribution < 1.29 is 28.7 Å². The normalized spacial score (nSPS) is 14.0. The number of halogens is 3. The van der Waals surface area contributed by atoms with Gasteiger partial charge in [0.25, 0.3) is 0 Å². The zero-order chi connectivity index (χ0) is 30.1. The summed E-state index contributed by atoms with van der Waals surface area (Å²) in [4.78, 5) is 23.7. The Kier molecular flexibility index (Phi) is 8.22. The number of amides is 1. The van der Waals surface area contributed by atoms with E-state index in [1.54, 1.807) is 42.5 Å². The Bertz CT molecular complexity index is 1780. The minimum atomic E-state index is -1.15. The lowest BCUT2D eigenvalue weighted by Crippen LogP contribution is -2.15. The predicted octanol–water partition coefficient (Wildman–Crippen LogP) is 8.57. The molecule has 0 spiro atoms. The van der Waals surface area contributed by atoms with E-state index >= 15 is 0 Å². The van der Waals surface area contributed by atoms with E-state index in [1.165, 1.54) is 12.1 Å². The molecular formula is C32H23Cl3N2O6. The summed E-state index contributed by atoms with van der Waals surface area (Å²) >= 11 is 19.4. The van der Waals surface area contributed by atoms with Crippen LogP contribution in [0.4, 0.5) is 10.5 Å². The third-order valence-corrected chi connectivity index (χ3v) is 7.80. The van der Waals surface area contributed by atoms with E-state index in [2.05, 4.69) is 22.3 Å². The van der Waals surface area contributed by atoms with E-state index in [1.807, 2.05) is 0 Å². The van der Waals surface area contributed by atoms with Crippen LogP contribution < -0.4 is 10.1 Å². The van der Waals surface area contributed by atoms with Crippen LogP contribution in [0.5, 0.6) is 5.75 Å².